The van der Waals surface area contributed by atoms with Gasteiger partial charge in [0.25, 0.3) is 5.56 Å². The number of esters is 1. The number of carbonyl (C=O) groups is 2. The van der Waals surface area contributed by atoms with Crippen molar-refractivity contribution in [1.82, 2.24) is 14.5 Å². The van der Waals surface area contributed by atoms with Crippen LogP contribution < -0.4 is 10.9 Å². The van der Waals surface area contributed by atoms with Crippen molar-refractivity contribution < 1.29 is 14.3 Å². The first kappa shape index (κ1) is 21.7. The van der Waals surface area contributed by atoms with Crippen molar-refractivity contribution in [3.8, 4) is 0 Å². The van der Waals surface area contributed by atoms with E-state index >= 15 is 0 Å². The Labute approximate surface area is 197 Å². The number of hydrogen-bond acceptors (Lipinski definition) is 7. The molecule has 1 amide bonds. The van der Waals surface area contributed by atoms with Gasteiger partial charge in [-0.15, -0.1) is 11.3 Å². The van der Waals surface area contributed by atoms with Crippen molar-refractivity contribution in [2.24, 2.45) is 7.05 Å². The van der Waals surface area contributed by atoms with Gasteiger partial charge in [0.05, 0.1) is 17.9 Å². The van der Waals surface area contributed by atoms with Crippen LogP contribution in [0.4, 0.5) is 5.00 Å². The largest absolute Gasteiger partial charge is 0.462 e. The second kappa shape index (κ2) is 8.68. The number of anilines is 1. The molecule has 4 aromatic rings. The van der Waals surface area contributed by atoms with Crippen LogP contribution in [0.1, 0.15) is 34.1 Å². The SMILES string of the molecule is CCOC(=O)c1c(NC(=O)CSc2nc3c([nH]c4ccccc43)c(=O)n2C)sc2c1CCC2. The van der Waals surface area contributed by atoms with E-state index < -0.39 is 5.97 Å². The Morgan fingerprint density at radius 3 is 2.94 bits per heavy atom. The van der Waals surface area contributed by atoms with Gasteiger partial charge in [0.15, 0.2) is 5.16 Å². The Morgan fingerprint density at radius 2 is 2.12 bits per heavy atom. The standard InChI is InChI=1S/C23H22N4O4S2/c1-3-31-22(30)17-13-8-6-10-15(13)33-20(17)25-16(28)11-32-23-26-18-12-7-4-5-9-14(12)24-19(18)21(29)27(23)2/h4-5,7,9,24H,3,6,8,10-11H2,1-2H3,(H,25,28). The molecule has 0 bridgehead atoms. The Morgan fingerprint density at radius 1 is 1.30 bits per heavy atom. The van der Waals surface area contributed by atoms with E-state index in [4.69, 9.17) is 4.74 Å². The number of thiophene rings is 1. The lowest BCUT2D eigenvalue weighted by atomic mass is 10.1. The van der Waals surface area contributed by atoms with Gasteiger partial charge in [-0.25, -0.2) is 9.78 Å². The zero-order valence-corrected chi connectivity index (χ0v) is 19.8. The fraction of sp³-hybridized carbons (Fsp3) is 0.304. The average molecular weight is 483 g/mol. The van der Waals surface area contributed by atoms with Gasteiger partial charge in [-0.3, -0.25) is 14.2 Å². The Balaban J connectivity index is 1.38. The van der Waals surface area contributed by atoms with Gasteiger partial charge in [-0.05, 0) is 37.8 Å². The number of aromatic amines is 1. The quantitative estimate of drug-likeness (QED) is 0.246. The predicted molar refractivity (Wildman–Crippen MR) is 130 cm³/mol. The molecule has 1 aromatic carbocycles. The Kier molecular flexibility index (Phi) is 5.71. The third-order valence-electron chi connectivity index (χ3n) is 5.68. The lowest BCUT2D eigenvalue weighted by Gasteiger charge is -2.09. The minimum atomic E-state index is -0.395. The number of amides is 1. The molecule has 2 N–H and O–H groups in total. The number of aryl methyl sites for hydroxylation is 1. The summed E-state index contributed by atoms with van der Waals surface area (Å²) in [6, 6.07) is 7.60. The van der Waals surface area contributed by atoms with E-state index in [0.717, 1.165) is 40.6 Å². The molecule has 0 spiro atoms. The van der Waals surface area contributed by atoms with Crippen molar-refractivity contribution in [2.45, 2.75) is 31.3 Å². The summed E-state index contributed by atoms with van der Waals surface area (Å²) in [5.41, 5.74) is 3.16. The lowest BCUT2D eigenvalue weighted by molar-refractivity contribution is -0.113. The molecule has 0 aliphatic heterocycles. The molecule has 3 heterocycles. The Bertz CT molecular complexity index is 1470. The highest BCUT2D eigenvalue weighted by atomic mass is 32.2. The molecular weight excluding hydrogens is 460 g/mol. The molecule has 0 unspecified atom stereocenters. The summed E-state index contributed by atoms with van der Waals surface area (Å²) in [6.07, 6.45) is 2.74. The van der Waals surface area contributed by atoms with Gasteiger partial charge in [0.1, 0.15) is 16.0 Å². The van der Waals surface area contributed by atoms with Crippen molar-refractivity contribution in [3.63, 3.8) is 0 Å². The van der Waals surface area contributed by atoms with Crippen LogP contribution in [-0.4, -0.2) is 38.8 Å². The molecule has 0 saturated heterocycles. The summed E-state index contributed by atoms with van der Waals surface area (Å²) >= 11 is 2.63. The summed E-state index contributed by atoms with van der Waals surface area (Å²) in [6.45, 7) is 2.05. The number of para-hydroxylation sites is 1. The maximum atomic E-state index is 12.8. The topological polar surface area (TPSA) is 106 Å². The minimum Gasteiger partial charge on any atom is -0.462 e. The zero-order valence-electron chi connectivity index (χ0n) is 18.2. The van der Waals surface area contributed by atoms with Crippen LogP contribution in [0.3, 0.4) is 0 Å². The summed E-state index contributed by atoms with van der Waals surface area (Å²) in [4.78, 5) is 47.0. The van der Waals surface area contributed by atoms with E-state index in [9.17, 15) is 14.4 Å². The summed E-state index contributed by atoms with van der Waals surface area (Å²) in [5, 5.41) is 4.74. The van der Waals surface area contributed by atoms with Gasteiger partial charge in [-0.1, -0.05) is 30.0 Å². The third-order valence-corrected chi connectivity index (χ3v) is 7.91. The average Bonchev–Trinajstić information content (AvgIpc) is 3.48. The van der Waals surface area contributed by atoms with E-state index in [0.29, 0.717) is 26.8 Å². The molecule has 0 atom stereocenters. The van der Waals surface area contributed by atoms with Gasteiger partial charge in [0, 0.05) is 22.8 Å². The fourth-order valence-electron chi connectivity index (χ4n) is 4.16. The number of aromatic nitrogens is 3. The van der Waals surface area contributed by atoms with E-state index in [1.165, 1.54) is 27.7 Å². The predicted octanol–water partition coefficient (Wildman–Crippen LogP) is 3.87. The van der Waals surface area contributed by atoms with Crippen LogP contribution in [0.2, 0.25) is 0 Å². The van der Waals surface area contributed by atoms with Gasteiger partial charge in [-0.2, -0.15) is 0 Å². The number of benzene rings is 1. The lowest BCUT2D eigenvalue weighted by Crippen LogP contribution is -2.21. The van der Waals surface area contributed by atoms with Crippen LogP contribution in [-0.2, 0) is 29.4 Å². The van der Waals surface area contributed by atoms with Gasteiger partial charge < -0.3 is 15.0 Å². The highest BCUT2D eigenvalue weighted by Crippen LogP contribution is 2.39. The molecule has 10 heteroatoms. The van der Waals surface area contributed by atoms with Crippen LogP contribution in [0.5, 0.6) is 0 Å². The van der Waals surface area contributed by atoms with Gasteiger partial charge >= 0.3 is 5.97 Å². The summed E-state index contributed by atoms with van der Waals surface area (Å²) in [5.74, 6) is -0.605. The number of H-pyrrole nitrogens is 1. The maximum absolute atomic E-state index is 12.8. The highest BCUT2D eigenvalue weighted by Gasteiger charge is 2.28. The summed E-state index contributed by atoms with van der Waals surface area (Å²) < 4.78 is 6.66. The van der Waals surface area contributed by atoms with E-state index in [-0.39, 0.29) is 23.8 Å². The van der Waals surface area contributed by atoms with E-state index in [1.807, 2.05) is 24.3 Å². The second-order valence-corrected chi connectivity index (χ2v) is 9.82. The van der Waals surface area contributed by atoms with Crippen molar-refractivity contribution in [3.05, 3.63) is 50.6 Å². The normalized spacial score (nSPS) is 12.9. The van der Waals surface area contributed by atoms with Crippen molar-refractivity contribution in [1.29, 1.82) is 0 Å². The van der Waals surface area contributed by atoms with Gasteiger partial charge in [0.2, 0.25) is 5.91 Å². The molecule has 1 aliphatic rings. The van der Waals surface area contributed by atoms with Crippen LogP contribution in [0.15, 0.2) is 34.2 Å². The number of fused-ring (bicyclic) bond motifs is 4. The smallest absolute Gasteiger partial charge is 0.341 e. The molecule has 0 fully saturated rings. The number of hydrogen-bond donors (Lipinski definition) is 2. The van der Waals surface area contributed by atoms with Crippen LogP contribution >= 0.6 is 23.1 Å². The fourth-order valence-corrected chi connectivity index (χ4v) is 6.22. The molecule has 170 valence electrons. The Hall–Kier alpha value is -3.11. The zero-order chi connectivity index (χ0) is 23.1. The number of carbonyl (C=O) groups excluding carboxylic acids is 2. The van der Waals surface area contributed by atoms with Crippen molar-refractivity contribution >= 4 is 61.9 Å². The van der Waals surface area contributed by atoms with E-state index in [1.54, 1.807) is 14.0 Å². The monoisotopic (exact) mass is 482 g/mol. The first-order valence-corrected chi connectivity index (χ1v) is 12.5. The number of rotatable bonds is 6. The van der Waals surface area contributed by atoms with Crippen molar-refractivity contribution in [2.75, 3.05) is 17.7 Å². The molecule has 3 aromatic heterocycles. The molecule has 1 aliphatic carbocycles. The third kappa shape index (κ3) is 3.83. The highest BCUT2D eigenvalue weighted by molar-refractivity contribution is 7.99. The van der Waals surface area contributed by atoms with Crippen LogP contribution in [0, 0.1) is 0 Å². The van der Waals surface area contributed by atoms with Crippen LogP contribution in [0.25, 0.3) is 21.9 Å². The molecule has 33 heavy (non-hydrogen) atoms. The number of nitrogens with zero attached hydrogens (tertiary/aromatic N) is 2. The minimum absolute atomic E-state index is 0.0545. The molecule has 0 saturated carbocycles. The molecule has 8 nitrogen and oxygen atoms in total. The number of thioether (sulfide) groups is 1. The maximum Gasteiger partial charge on any atom is 0.341 e. The number of ether oxygens (including phenoxy) is 1. The first-order chi connectivity index (χ1) is 16.0. The molecule has 5 rings (SSSR count). The van der Waals surface area contributed by atoms with E-state index in [2.05, 4.69) is 15.3 Å². The second-order valence-electron chi connectivity index (χ2n) is 7.77. The summed E-state index contributed by atoms with van der Waals surface area (Å²) in [7, 11) is 1.64. The number of nitrogens with one attached hydrogen (secondary N) is 2. The molecular formula is C23H22N4O4S2. The first-order valence-electron chi connectivity index (χ1n) is 10.7. The molecule has 0 radical (unpaired) electrons.